The van der Waals surface area contributed by atoms with Gasteiger partial charge in [-0.05, 0) is 56.3 Å². The van der Waals surface area contributed by atoms with Gasteiger partial charge in [0.2, 0.25) is 5.95 Å². The number of nitrogens with zero attached hydrogens (tertiary/aromatic N) is 2. The molecule has 0 amide bonds. The van der Waals surface area contributed by atoms with Gasteiger partial charge in [-0.1, -0.05) is 51.1 Å². The standard InChI is InChI=1S/C25H38N4O3Si/c1-17(18-10-8-7-9-11-18)27-24-26-16-21(23(30)31)22(29-24)28-19-12-14-20(15-13-19)32-33(5,6)25(2,3)4/h7-11,16-17,19-20H,12-15H2,1-6H3,(H,30,31)(H2,26,27,28,29)/t17-,19?,20?/m0/s1. The second-order valence-electron chi connectivity index (χ2n) is 10.5. The third-order valence-electron chi connectivity index (χ3n) is 6.95. The summed E-state index contributed by atoms with van der Waals surface area (Å²) < 4.78 is 6.59. The number of nitrogens with one attached hydrogen (secondary N) is 2. The topological polar surface area (TPSA) is 96.4 Å². The van der Waals surface area contributed by atoms with Gasteiger partial charge < -0.3 is 20.2 Å². The van der Waals surface area contributed by atoms with E-state index in [1.54, 1.807) is 0 Å². The van der Waals surface area contributed by atoms with Gasteiger partial charge in [-0.15, -0.1) is 0 Å². The fraction of sp³-hybridized carbons (Fsp3) is 0.560. The van der Waals surface area contributed by atoms with Crippen molar-refractivity contribution >= 4 is 26.1 Å². The smallest absolute Gasteiger partial charge is 0.341 e. The highest BCUT2D eigenvalue weighted by molar-refractivity contribution is 6.74. The van der Waals surface area contributed by atoms with Gasteiger partial charge in [0.05, 0.1) is 6.04 Å². The summed E-state index contributed by atoms with van der Waals surface area (Å²) >= 11 is 0. The highest BCUT2D eigenvalue weighted by atomic mass is 28.4. The average molecular weight is 471 g/mol. The number of carbonyl (C=O) groups is 1. The van der Waals surface area contributed by atoms with Crippen molar-refractivity contribution < 1.29 is 14.3 Å². The van der Waals surface area contributed by atoms with Gasteiger partial charge in [0, 0.05) is 18.3 Å². The molecule has 1 aliphatic rings. The Bertz CT molecular complexity index is 938. The number of aromatic carboxylic acids is 1. The van der Waals surface area contributed by atoms with Crippen molar-refractivity contribution in [2.45, 2.75) is 89.7 Å². The SMILES string of the molecule is C[C@H](Nc1ncc(C(=O)O)c(NC2CCC(O[Si](C)(C)C(C)(C)C)CC2)n1)c1ccccc1. The van der Waals surface area contributed by atoms with Gasteiger partial charge in [0.15, 0.2) is 8.32 Å². The Morgan fingerprint density at radius 2 is 1.79 bits per heavy atom. The van der Waals surface area contributed by atoms with Gasteiger partial charge in [0.25, 0.3) is 0 Å². The predicted octanol–water partition coefficient (Wildman–Crippen LogP) is 6.09. The quantitative estimate of drug-likeness (QED) is 0.402. The predicted molar refractivity (Wildman–Crippen MR) is 135 cm³/mol. The maximum absolute atomic E-state index is 11.8. The molecule has 0 radical (unpaired) electrons. The molecule has 8 heteroatoms. The molecule has 0 unspecified atom stereocenters. The first kappa shape index (κ1) is 25.2. The summed E-state index contributed by atoms with van der Waals surface area (Å²) in [5.74, 6) is -0.252. The molecule has 1 heterocycles. The number of benzene rings is 1. The second kappa shape index (κ2) is 10.2. The van der Waals surface area contributed by atoms with Crippen LogP contribution in [0.25, 0.3) is 0 Å². The van der Waals surface area contributed by atoms with E-state index < -0.39 is 14.3 Å². The largest absolute Gasteiger partial charge is 0.477 e. The molecule has 0 spiro atoms. The fourth-order valence-electron chi connectivity index (χ4n) is 3.85. The Labute approximate surface area is 198 Å². The van der Waals surface area contributed by atoms with Gasteiger partial charge >= 0.3 is 5.97 Å². The van der Waals surface area contributed by atoms with E-state index in [-0.39, 0.29) is 28.8 Å². The van der Waals surface area contributed by atoms with Gasteiger partial charge in [-0.3, -0.25) is 0 Å². The molecule has 3 rings (SSSR count). The number of aromatic nitrogens is 2. The van der Waals surface area contributed by atoms with E-state index in [4.69, 9.17) is 4.43 Å². The summed E-state index contributed by atoms with van der Waals surface area (Å²) in [6.07, 6.45) is 5.43. The van der Waals surface area contributed by atoms with Crippen molar-refractivity contribution in [1.82, 2.24) is 9.97 Å². The molecule has 1 atom stereocenters. The van der Waals surface area contributed by atoms with Crippen molar-refractivity contribution in [1.29, 1.82) is 0 Å². The van der Waals surface area contributed by atoms with Crippen LogP contribution in [0.3, 0.4) is 0 Å². The molecule has 1 aromatic carbocycles. The van der Waals surface area contributed by atoms with Crippen molar-refractivity contribution in [3.63, 3.8) is 0 Å². The van der Waals surface area contributed by atoms with Crippen LogP contribution in [0.15, 0.2) is 36.5 Å². The molecule has 7 nitrogen and oxygen atoms in total. The third-order valence-corrected chi connectivity index (χ3v) is 11.5. The van der Waals surface area contributed by atoms with Crippen molar-refractivity contribution in [2.24, 2.45) is 0 Å². The number of anilines is 2. The van der Waals surface area contributed by atoms with E-state index in [9.17, 15) is 9.90 Å². The molecule has 0 aliphatic heterocycles. The number of carboxylic acid groups (broad SMARTS) is 1. The Morgan fingerprint density at radius 3 is 2.36 bits per heavy atom. The number of carboxylic acids is 1. The molecule has 2 aromatic rings. The molecule has 0 saturated heterocycles. The highest BCUT2D eigenvalue weighted by Gasteiger charge is 2.39. The fourth-order valence-corrected chi connectivity index (χ4v) is 5.27. The summed E-state index contributed by atoms with van der Waals surface area (Å²) in [5, 5.41) is 16.5. The molecule has 3 N–H and O–H groups in total. The maximum Gasteiger partial charge on any atom is 0.341 e. The Kier molecular flexibility index (Phi) is 7.79. The molecule has 1 aromatic heterocycles. The van der Waals surface area contributed by atoms with Crippen molar-refractivity contribution in [3.05, 3.63) is 47.7 Å². The van der Waals surface area contributed by atoms with E-state index in [0.717, 1.165) is 31.2 Å². The van der Waals surface area contributed by atoms with Gasteiger partial charge in [-0.25, -0.2) is 9.78 Å². The van der Waals surface area contributed by atoms with E-state index in [2.05, 4.69) is 54.5 Å². The van der Waals surface area contributed by atoms with Crippen molar-refractivity contribution in [3.8, 4) is 0 Å². The normalized spacial score (nSPS) is 20.2. The Balaban J connectivity index is 1.65. The summed E-state index contributed by atoms with van der Waals surface area (Å²) in [7, 11) is -1.79. The summed E-state index contributed by atoms with van der Waals surface area (Å²) in [6.45, 7) is 13.4. The number of hydrogen-bond acceptors (Lipinski definition) is 6. The van der Waals surface area contributed by atoms with Crippen LogP contribution in [-0.4, -0.2) is 41.5 Å². The first-order valence-electron chi connectivity index (χ1n) is 11.8. The van der Waals surface area contributed by atoms with Crippen LogP contribution >= 0.6 is 0 Å². The minimum absolute atomic E-state index is 0.00217. The second-order valence-corrected chi connectivity index (χ2v) is 15.3. The zero-order valence-corrected chi connectivity index (χ0v) is 21.7. The minimum atomic E-state index is -1.79. The first-order chi connectivity index (χ1) is 15.5. The van der Waals surface area contributed by atoms with Crippen molar-refractivity contribution in [2.75, 3.05) is 10.6 Å². The van der Waals surface area contributed by atoms with Crippen LogP contribution in [0, 0.1) is 0 Å². The first-order valence-corrected chi connectivity index (χ1v) is 14.7. The number of hydrogen-bond donors (Lipinski definition) is 3. The van der Waals surface area contributed by atoms with E-state index in [1.807, 2.05) is 37.3 Å². The molecule has 1 saturated carbocycles. The molecular weight excluding hydrogens is 432 g/mol. The Hall–Kier alpha value is -2.45. The van der Waals surface area contributed by atoms with E-state index >= 15 is 0 Å². The van der Waals surface area contributed by atoms with Crippen LogP contribution in [-0.2, 0) is 4.43 Å². The molecule has 180 valence electrons. The monoisotopic (exact) mass is 470 g/mol. The van der Waals surface area contributed by atoms with Gasteiger partial charge in [-0.2, -0.15) is 4.98 Å². The van der Waals surface area contributed by atoms with Crippen LogP contribution in [0.2, 0.25) is 18.1 Å². The summed E-state index contributed by atoms with van der Waals surface area (Å²) in [5.41, 5.74) is 1.20. The van der Waals surface area contributed by atoms with E-state index in [0.29, 0.717) is 11.8 Å². The lowest BCUT2D eigenvalue weighted by Crippen LogP contribution is -2.45. The Morgan fingerprint density at radius 1 is 1.15 bits per heavy atom. The highest BCUT2D eigenvalue weighted by Crippen LogP contribution is 2.39. The molecule has 1 aliphatic carbocycles. The van der Waals surface area contributed by atoms with Gasteiger partial charge in [0.1, 0.15) is 11.4 Å². The zero-order chi connectivity index (χ0) is 24.2. The van der Waals surface area contributed by atoms with Crippen LogP contribution in [0.1, 0.15) is 75.3 Å². The zero-order valence-electron chi connectivity index (χ0n) is 20.7. The molecule has 0 bridgehead atoms. The summed E-state index contributed by atoms with van der Waals surface area (Å²) in [6, 6.07) is 10.2. The van der Waals surface area contributed by atoms with Crippen LogP contribution in [0.4, 0.5) is 11.8 Å². The van der Waals surface area contributed by atoms with E-state index in [1.165, 1.54) is 6.20 Å². The molecular formula is C25H38N4O3Si. The van der Waals surface area contributed by atoms with Crippen LogP contribution in [0.5, 0.6) is 0 Å². The maximum atomic E-state index is 11.8. The molecule has 1 fully saturated rings. The summed E-state index contributed by atoms with van der Waals surface area (Å²) in [4.78, 5) is 20.5. The lowest BCUT2D eigenvalue weighted by atomic mass is 9.93. The average Bonchev–Trinajstić information content (AvgIpc) is 2.75. The minimum Gasteiger partial charge on any atom is -0.477 e. The lowest BCUT2D eigenvalue weighted by Gasteiger charge is -2.41. The van der Waals surface area contributed by atoms with Crippen LogP contribution < -0.4 is 10.6 Å². The third kappa shape index (κ3) is 6.54. The number of rotatable bonds is 8. The molecule has 33 heavy (non-hydrogen) atoms. The lowest BCUT2D eigenvalue weighted by molar-refractivity contribution is 0.0697.